The molecule has 4 nitrogen and oxygen atoms in total. The molecule has 0 aliphatic heterocycles. The number of methoxy groups -OCH3 is 2. The highest BCUT2D eigenvalue weighted by atomic mass is 28.4. The summed E-state index contributed by atoms with van der Waals surface area (Å²) in [6.45, 7) is 14.8. The Morgan fingerprint density at radius 1 is 0.949 bits per heavy atom. The summed E-state index contributed by atoms with van der Waals surface area (Å²) < 4.78 is 24.6. The van der Waals surface area contributed by atoms with E-state index in [4.69, 9.17) is 18.6 Å². The van der Waals surface area contributed by atoms with Crippen LogP contribution in [0.3, 0.4) is 0 Å². The summed E-state index contributed by atoms with van der Waals surface area (Å²) in [5, 5.41) is 0.230. The van der Waals surface area contributed by atoms with Crippen molar-refractivity contribution >= 4 is 14.4 Å². The molecule has 0 radical (unpaired) electrons. The number of ether oxygens (including phenoxy) is 3. The lowest BCUT2D eigenvalue weighted by atomic mass is 9.65. The molecule has 3 atom stereocenters. The molecule has 0 saturated heterocycles. The van der Waals surface area contributed by atoms with E-state index in [1.807, 2.05) is 24.3 Å². The van der Waals surface area contributed by atoms with E-state index in [0.717, 1.165) is 42.1 Å². The molecule has 5 heteroatoms. The van der Waals surface area contributed by atoms with E-state index in [9.17, 15) is 0 Å². The van der Waals surface area contributed by atoms with Gasteiger partial charge in [0.1, 0.15) is 12.4 Å². The topological polar surface area (TPSA) is 36.9 Å². The third-order valence-corrected chi connectivity index (χ3v) is 14.6. The Bertz CT molecular complexity index is 1270. The first kappa shape index (κ1) is 28.0. The zero-order chi connectivity index (χ0) is 28.0. The maximum absolute atomic E-state index is 7.09. The van der Waals surface area contributed by atoms with Gasteiger partial charge in [-0.1, -0.05) is 63.6 Å². The van der Waals surface area contributed by atoms with Gasteiger partial charge in [0.15, 0.2) is 19.8 Å². The average Bonchev–Trinajstić information content (AvgIpc) is 3.10. The maximum atomic E-state index is 7.09. The van der Waals surface area contributed by atoms with Crippen LogP contribution in [-0.2, 0) is 17.5 Å². The molecular formula is C34H46O4Si. The smallest absolute Gasteiger partial charge is 0.192 e. The summed E-state index contributed by atoms with van der Waals surface area (Å²) in [5.74, 6) is 3.06. The van der Waals surface area contributed by atoms with Gasteiger partial charge in [-0.25, -0.2) is 0 Å². The molecule has 0 spiro atoms. The predicted molar refractivity (Wildman–Crippen MR) is 162 cm³/mol. The van der Waals surface area contributed by atoms with Gasteiger partial charge in [0.25, 0.3) is 0 Å². The van der Waals surface area contributed by atoms with Gasteiger partial charge < -0.3 is 18.6 Å². The molecule has 3 aliphatic rings. The normalized spacial score (nSPS) is 24.5. The van der Waals surface area contributed by atoms with E-state index >= 15 is 0 Å². The van der Waals surface area contributed by atoms with Gasteiger partial charge in [-0.2, -0.15) is 0 Å². The largest absolute Gasteiger partial charge is 0.497 e. The first-order valence-electron chi connectivity index (χ1n) is 14.5. The highest BCUT2D eigenvalue weighted by Gasteiger charge is 2.53. The maximum Gasteiger partial charge on any atom is 0.192 e. The van der Waals surface area contributed by atoms with Crippen LogP contribution in [0.15, 0.2) is 53.6 Å². The Morgan fingerprint density at radius 3 is 2.36 bits per heavy atom. The minimum absolute atomic E-state index is 0.200. The molecule has 39 heavy (non-hydrogen) atoms. The summed E-state index contributed by atoms with van der Waals surface area (Å²) >= 11 is 0. The van der Waals surface area contributed by atoms with Gasteiger partial charge in [0.05, 0.1) is 20.3 Å². The van der Waals surface area contributed by atoms with E-state index in [2.05, 4.69) is 65.1 Å². The summed E-state index contributed by atoms with van der Waals surface area (Å²) in [6, 6.07) is 12.3. The molecule has 0 amide bonds. The van der Waals surface area contributed by atoms with Crippen LogP contribution in [0.25, 0.3) is 6.08 Å². The number of hydrogen-bond acceptors (Lipinski definition) is 4. The molecule has 1 fully saturated rings. The Balaban J connectivity index is 1.38. The lowest BCUT2D eigenvalue weighted by Crippen LogP contribution is -2.48. The monoisotopic (exact) mass is 546 g/mol. The van der Waals surface area contributed by atoms with E-state index in [1.165, 1.54) is 24.0 Å². The molecule has 210 valence electrons. The van der Waals surface area contributed by atoms with Crippen molar-refractivity contribution < 1.29 is 18.6 Å². The second kappa shape index (κ2) is 10.5. The van der Waals surface area contributed by atoms with Crippen LogP contribution in [0.2, 0.25) is 18.1 Å². The number of hydrogen-bond donors (Lipinski definition) is 0. The van der Waals surface area contributed by atoms with Crippen molar-refractivity contribution in [1.29, 1.82) is 0 Å². The van der Waals surface area contributed by atoms with Crippen molar-refractivity contribution in [2.24, 2.45) is 11.3 Å². The van der Waals surface area contributed by atoms with Crippen LogP contribution in [0.4, 0.5) is 0 Å². The molecule has 1 saturated carbocycles. The fraction of sp³-hybridized carbons (Fsp3) is 0.529. The summed E-state index contributed by atoms with van der Waals surface area (Å²) in [5.41, 5.74) is 6.87. The molecular weight excluding hydrogens is 500 g/mol. The van der Waals surface area contributed by atoms with Crippen LogP contribution < -0.4 is 14.2 Å². The van der Waals surface area contributed by atoms with Crippen molar-refractivity contribution in [3.05, 3.63) is 70.3 Å². The van der Waals surface area contributed by atoms with Crippen LogP contribution >= 0.6 is 0 Å². The minimum atomic E-state index is -1.83. The molecule has 2 aromatic carbocycles. The van der Waals surface area contributed by atoms with E-state index < -0.39 is 8.32 Å². The summed E-state index contributed by atoms with van der Waals surface area (Å²) in [6.07, 6.45) is 10.7. The quantitative estimate of drug-likeness (QED) is 0.325. The molecule has 3 aliphatic carbocycles. The number of benzene rings is 2. The Hall–Kier alpha value is -2.50. The number of rotatable bonds is 7. The van der Waals surface area contributed by atoms with Crippen LogP contribution in [0.1, 0.15) is 70.1 Å². The van der Waals surface area contributed by atoms with Crippen LogP contribution in [-0.4, -0.2) is 28.6 Å². The van der Waals surface area contributed by atoms with Gasteiger partial charge in [-0.05, 0) is 96.5 Å². The Kier molecular flexibility index (Phi) is 7.53. The number of allylic oxidation sites excluding steroid dienone is 3. The highest BCUT2D eigenvalue weighted by Crippen LogP contribution is 2.58. The summed E-state index contributed by atoms with van der Waals surface area (Å²) in [4.78, 5) is 0. The SMILES string of the molecule is COc1ccc(COc2ccc3c(c2OC)CC2=C(C=C3)[C@@H]3CC[C@H](O[Si](C)(C)C(C)(C)C)[C@@]3(C)CC2)cc1. The number of fused-ring (bicyclic) bond motifs is 3. The predicted octanol–water partition coefficient (Wildman–Crippen LogP) is 8.75. The van der Waals surface area contributed by atoms with Crippen molar-refractivity contribution in [2.45, 2.75) is 90.6 Å². The second-order valence-electron chi connectivity index (χ2n) is 13.4. The zero-order valence-corrected chi connectivity index (χ0v) is 26.1. The Labute approximate surface area is 236 Å². The van der Waals surface area contributed by atoms with E-state index in [-0.39, 0.29) is 10.5 Å². The molecule has 5 rings (SSSR count). The summed E-state index contributed by atoms with van der Waals surface area (Å²) in [7, 11) is 1.62. The fourth-order valence-electron chi connectivity index (χ4n) is 6.58. The van der Waals surface area contributed by atoms with Crippen molar-refractivity contribution in [2.75, 3.05) is 14.2 Å². The third-order valence-electron chi connectivity index (χ3n) is 10.1. The first-order valence-corrected chi connectivity index (χ1v) is 17.4. The van der Waals surface area contributed by atoms with Crippen molar-refractivity contribution in [3.63, 3.8) is 0 Å². The van der Waals surface area contributed by atoms with E-state index in [1.54, 1.807) is 25.4 Å². The van der Waals surface area contributed by atoms with Gasteiger partial charge in [0, 0.05) is 5.56 Å². The van der Waals surface area contributed by atoms with Crippen molar-refractivity contribution in [1.82, 2.24) is 0 Å². The first-order chi connectivity index (χ1) is 18.5. The third kappa shape index (κ3) is 5.20. The van der Waals surface area contributed by atoms with Crippen LogP contribution in [0.5, 0.6) is 17.2 Å². The minimum Gasteiger partial charge on any atom is -0.497 e. The zero-order valence-electron chi connectivity index (χ0n) is 25.1. The lowest BCUT2D eigenvalue weighted by Gasteiger charge is -2.46. The van der Waals surface area contributed by atoms with Gasteiger partial charge in [-0.15, -0.1) is 0 Å². The highest BCUT2D eigenvalue weighted by molar-refractivity contribution is 6.74. The second-order valence-corrected chi connectivity index (χ2v) is 18.1. The van der Waals surface area contributed by atoms with Gasteiger partial charge in [-0.3, -0.25) is 0 Å². The molecule has 0 aromatic heterocycles. The molecule has 0 bridgehead atoms. The van der Waals surface area contributed by atoms with Gasteiger partial charge >= 0.3 is 0 Å². The van der Waals surface area contributed by atoms with Crippen molar-refractivity contribution in [3.8, 4) is 17.2 Å². The fourth-order valence-corrected chi connectivity index (χ4v) is 8.03. The van der Waals surface area contributed by atoms with E-state index in [0.29, 0.717) is 18.6 Å². The molecule has 0 heterocycles. The van der Waals surface area contributed by atoms with Crippen LogP contribution in [0, 0.1) is 11.3 Å². The lowest BCUT2D eigenvalue weighted by molar-refractivity contribution is 0.0458. The molecule has 2 aromatic rings. The molecule has 0 unspecified atom stereocenters. The standard InChI is InChI=1S/C34H46O4Si/c1-33(2,3)39(7,8)38-31-18-16-29-27-15-11-24-12-17-30(37-22-23-9-13-26(35-5)14-10-23)32(36-6)28(24)21-25(27)19-20-34(29,31)4/h9-15,17,29,31H,16,18-22H2,1-8H3/t29-,31-,34-/m0/s1. The van der Waals surface area contributed by atoms with Gasteiger partial charge in [0.2, 0.25) is 0 Å². The average molecular weight is 547 g/mol. The Morgan fingerprint density at radius 2 is 1.69 bits per heavy atom. The molecule has 0 N–H and O–H groups in total.